The summed E-state index contributed by atoms with van der Waals surface area (Å²) in [6, 6.07) is 1.85. The predicted molar refractivity (Wildman–Crippen MR) is 114 cm³/mol. The molecule has 1 amide bonds. The van der Waals surface area contributed by atoms with E-state index >= 15 is 0 Å². The zero-order valence-electron chi connectivity index (χ0n) is 17.4. The molecule has 8 nitrogen and oxygen atoms in total. The Hall–Kier alpha value is -3.16. The summed E-state index contributed by atoms with van der Waals surface area (Å²) >= 11 is 0. The van der Waals surface area contributed by atoms with Gasteiger partial charge in [-0.25, -0.2) is 9.50 Å². The van der Waals surface area contributed by atoms with E-state index in [0.717, 1.165) is 5.52 Å². The first-order valence-corrected chi connectivity index (χ1v) is 9.62. The van der Waals surface area contributed by atoms with Crippen molar-refractivity contribution in [1.29, 1.82) is 0 Å². The summed E-state index contributed by atoms with van der Waals surface area (Å²) in [6.07, 6.45) is 8.53. The monoisotopic (exact) mass is 396 g/mol. The predicted octanol–water partition coefficient (Wildman–Crippen LogP) is 2.31. The molecule has 2 unspecified atom stereocenters. The molecule has 0 radical (unpaired) electrons. The van der Waals surface area contributed by atoms with E-state index in [4.69, 9.17) is 15.5 Å². The zero-order valence-corrected chi connectivity index (χ0v) is 17.4. The van der Waals surface area contributed by atoms with Gasteiger partial charge in [0.1, 0.15) is 11.6 Å². The number of likely N-dealkylation sites (tertiary alicyclic amines) is 1. The molecule has 1 aliphatic heterocycles. The van der Waals surface area contributed by atoms with Gasteiger partial charge < -0.3 is 15.4 Å². The Morgan fingerprint density at radius 3 is 2.90 bits per heavy atom. The summed E-state index contributed by atoms with van der Waals surface area (Å²) in [5, 5.41) is 4.33. The number of allylic oxidation sites excluding steroid dienone is 1. The van der Waals surface area contributed by atoms with Gasteiger partial charge in [0.15, 0.2) is 0 Å². The molecule has 0 bridgehead atoms. The van der Waals surface area contributed by atoms with E-state index in [1.807, 2.05) is 17.9 Å². The molecule has 2 atom stereocenters. The van der Waals surface area contributed by atoms with Crippen molar-refractivity contribution in [3.05, 3.63) is 43.0 Å². The Morgan fingerprint density at radius 1 is 1.48 bits per heavy atom. The van der Waals surface area contributed by atoms with Crippen LogP contribution in [-0.2, 0) is 4.79 Å². The summed E-state index contributed by atoms with van der Waals surface area (Å²) in [6.45, 7) is 10.5. The standard InChI is InChI=1S/C21H28N6O2/c1-6-19(28)26-10-8-18(21(3,4)14(26)2)29-20-17-7-9-24-27(17)13-16(25-20)15(11-22)12-23-5/h6-7,9,11-14,18H,1,8,10,22H2,2-5H3/b15-11+,23-12?. The topological polar surface area (TPSA) is 98.1 Å². The smallest absolute Gasteiger partial charge is 0.246 e. The lowest BCUT2D eigenvalue weighted by Gasteiger charge is -2.48. The van der Waals surface area contributed by atoms with Crippen LogP contribution in [0.2, 0.25) is 0 Å². The lowest BCUT2D eigenvalue weighted by Crippen LogP contribution is -2.58. The molecule has 29 heavy (non-hydrogen) atoms. The first-order chi connectivity index (χ1) is 13.8. The molecule has 1 aliphatic rings. The van der Waals surface area contributed by atoms with Crippen LogP contribution in [0, 0.1) is 5.41 Å². The molecule has 0 spiro atoms. The van der Waals surface area contributed by atoms with Gasteiger partial charge in [0.05, 0.1) is 18.1 Å². The molecule has 0 saturated carbocycles. The number of nitrogens with zero attached hydrogens (tertiary/aromatic N) is 5. The number of nitrogens with two attached hydrogens (primary N) is 1. The number of aromatic nitrogens is 3. The van der Waals surface area contributed by atoms with Crippen LogP contribution >= 0.6 is 0 Å². The Kier molecular flexibility index (Phi) is 5.72. The number of ether oxygens (including phenoxy) is 1. The summed E-state index contributed by atoms with van der Waals surface area (Å²) in [5.41, 5.74) is 7.53. The number of fused-ring (bicyclic) bond motifs is 1. The number of hydrogen-bond donors (Lipinski definition) is 1. The van der Waals surface area contributed by atoms with Crippen LogP contribution in [0.25, 0.3) is 11.1 Å². The fraction of sp³-hybridized carbons (Fsp3) is 0.429. The minimum Gasteiger partial charge on any atom is -0.472 e. The summed E-state index contributed by atoms with van der Waals surface area (Å²) in [4.78, 5) is 22.8. The zero-order chi connectivity index (χ0) is 21.2. The lowest BCUT2D eigenvalue weighted by molar-refractivity contribution is -0.137. The van der Waals surface area contributed by atoms with Gasteiger partial charge in [0.2, 0.25) is 11.8 Å². The van der Waals surface area contributed by atoms with Gasteiger partial charge in [-0.1, -0.05) is 20.4 Å². The molecule has 2 aromatic heterocycles. The molecular weight excluding hydrogens is 368 g/mol. The maximum absolute atomic E-state index is 12.2. The average molecular weight is 396 g/mol. The van der Waals surface area contributed by atoms with Crippen LogP contribution in [0.5, 0.6) is 5.88 Å². The van der Waals surface area contributed by atoms with Crippen LogP contribution in [0.3, 0.4) is 0 Å². The van der Waals surface area contributed by atoms with E-state index in [9.17, 15) is 4.79 Å². The number of carbonyl (C=O) groups excluding carboxylic acids is 1. The second-order valence-electron chi connectivity index (χ2n) is 7.73. The highest BCUT2D eigenvalue weighted by Gasteiger charge is 2.45. The number of amides is 1. The molecule has 8 heteroatoms. The van der Waals surface area contributed by atoms with Gasteiger partial charge in [-0.05, 0) is 19.1 Å². The Balaban J connectivity index is 1.96. The van der Waals surface area contributed by atoms with Gasteiger partial charge >= 0.3 is 0 Å². The molecule has 3 rings (SSSR count). The fourth-order valence-corrected chi connectivity index (χ4v) is 3.71. The number of piperidine rings is 1. The van der Waals surface area contributed by atoms with Crippen LogP contribution in [0.1, 0.15) is 32.9 Å². The third-order valence-corrected chi connectivity index (χ3v) is 5.82. The van der Waals surface area contributed by atoms with Crippen molar-refractivity contribution < 1.29 is 9.53 Å². The highest BCUT2D eigenvalue weighted by molar-refractivity contribution is 6.08. The maximum Gasteiger partial charge on any atom is 0.246 e. The number of rotatable bonds is 5. The molecular formula is C21H28N6O2. The van der Waals surface area contributed by atoms with Crippen molar-refractivity contribution in [2.45, 2.75) is 39.3 Å². The van der Waals surface area contributed by atoms with Crippen molar-refractivity contribution in [3.8, 4) is 5.88 Å². The first kappa shape index (κ1) is 20.6. The molecule has 0 aliphatic carbocycles. The van der Waals surface area contributed by atoms with Gasteiger partial charge in [0.25, 0.3) is 0 Å². The van der Waals surface area contributed by atoms with Gasteiger partial charge in [0, 0.05) is 49.5 Å². The highest BCUT2D eigenvalue weighted by Crippen LogP contribution is 2.38. The van der Waals surface area contributed by atoms with E-state index in [-0.39, 0.29) is 23.5 Å². The molecule has 154 valence electrons. The van der Waals surface area contributed by atoms with Crippen LogP contribution in [0.4, 0.5) is 0 Å². The van der Waals surface area contributed by atoms with Crippen molar-refractivity contribution >= 4 is 23.2 Å². The van der Waals surface area contributed by atoms with Crippen LogP contribution < -0.4 is 10.5 Å². The third kappa shape index (κ3) is 3.74. The SMILES string of the molecule is C=CC(=O)N1CCC(Oc2nc(/C(C=NC)=C/N)cn3nccc23)C(C)(C)C1C. The highest BCUT2D eigenvalue weighted by atomic mass is 16.5. The van der Waals surface area contributed by atoms with E-state index in [0.29, 0.717) is 30.1 Å². The molecule has 2 aromatic rings. The summed E-state index contributed by atoms with van der Waals surface area (Å²) in [5.74, 6) is 0.427. The van der Waals surface area contributed by atoms with Crippen molar-refractivity contribution in [1.82, 2.24) is 19.5 Å². The first-order valence-electron chi connectivity index (χ1n) is 9.62. The van der Waals surface area contributed by atoms with E-state index in [1.54, 1.807) is 30.2 Å². The Bertz CT molecular complexity index is 975. The van der Waals surface area contributed by atoms with Gasteiger partial charge in [-0.3, -0.25) is 9.79 Å². The molecule has 2 N–H and O–H groups in total. The number of carbonyl (C=O) groups is 1. The second-order valence-corrected chi connectivity index (χ2v) is 7.73. The average Bonchev–Trinajstić information content (AvgIpc) is 3.18. The van der Waals surface area contributed by atoms with E-state index in [2.05, 4.69) is 30.5 Å². The molecule has 1 fully saturated rings. The Morgan fingerprint density at radius 2 is 2.24 bits per heavy atom. The quantitative estimate of drug-likeness (QED) is 0.618. The number of hydrogen-bond acceptors (Lipinski definition) is 6. The van der Waals surface area contributed by atoms with Crippen molar-refractivity contribution in [2.24, 2.45) is 16.1 Å². The van der Waals surface area contributed by atoms with Crippen LogP contribution in [-0.4, -0.2) is 57.4 Å². The normalized spacial score (nSPS) is 22.2. The minimum atomic E-state index is -0.289. The second kappa shape index (κ2) is 8.06. The van der Waals surface area contributed by atoms with Crippen molar-refractivity contribution in [2.75, 3.05) is 13.6 Å². The summed E-state index contributed by atoms with van der Waals surface area (Å²) in [7, 11) is 1.68. The van der Waals surface area contributed by atoms with E-state index < -0.39 is 0 Å². The fourth-order valence-electron chi connectivity index (χ4n) is 3.71. The van der Waals surface area contributed by atoms with Gasteiger partial charge in [-0.2, -0.15) is 5.10 Å². The van der Waals surface area contributed by atoms with Gasteiger partial charge in [-0.15, -0.1) is 0 Å². The molecule has 1 saturated heterocycles. The largest absolute Gasteiger partial charge is 0.472 e. The Labute approximate surface area is 170 Å². The third-order valence-electron chi connectivity index (χ3n) is 5.82. The lowest BCUT2D eigenvalue weighted by atomic mass is 9.74. The van der Waals surface area contributed by atoms with Crippen LogP contribution in [0.15, 0.2) is 42.3 Å². The summed E-state index contributed by atoms with van der Waals surface area (Å²) < 4.78 is 8.16. The van der Waals surface area contributed by atoms with Crippen molar-refractivity contribution in [3.63, 3.8) is 0 Å². The van der Waals surface area contributed by atoms with E-state index in [1.165, 1.54) is 12.3 Å². The molecule has 0 aromatic carbocycles. The number of aliphatic imine (C=N–C) groups is 1. The minimum absolute atomic E-state index is 0.0115. The molecule has 3 heterocycles. The maximum atomic E-state index is 12.2.